The summed E-state index contributed by atoms with van der Waals surface area (Å²) < 4.78 is 27.2. The predicted molar refractivity (Wildman–Crippen MR) is 65.4 cm³/mol. The number of benzene rings is 1. The van der Waals surface area contributed by atoms with Gasteiger partial charge in [-0.1, -0.05) is 0 Å². The van der Waals surface area contributed by atoms with Crippen molar-refractivity contribution in [1.29, 1.82) is 0 Å². The standard InChI is InChI=1S/C13H18F2N2/c1-9-7-12(15)13(8-11(9)14)17-5-3-10(16-2)4-6-17/h7-8,10,16H,3-6H2,1-2H3. The van der Waals surface area contributed by atoms with Crippen molar-refractivity contribution in [2.75, 3.05) is 25.0 Å². The summed E-state index contributed by atoms with van der Waals surface area (Å²) in [7, 11) is 1.94. The van der Waals surface area contributed by atoms with Crippen molar-refractivity contribution >= 4 is 5.69 Å². The summed E-state index contributed by atoms with van der Waals surface area (Å²) in [6, 6.07) is 3.07. The quantitative estimate of drug-likeness (QED) is 0.854. The molecule has 1 aliphatic rings. The van der Waals surface area contributed by atoms with Gasteiger partial charge in [-0.15, -0.1) is 0 Å². The van der Waals surface area contributed by atoms with Gasteiger partial charge in [-0.2, -0.15) is 0 Å². The van der Waals surface area contributed by atoms with Crippen LogP contribution in [-0.4, -0.2) is 26.2 Å². The van der Waals surface area contributed by atoms with Gasteiger partial charge in [-0.05, 0) is 38.4 Å². The molecule has 0 bridgehead atoms. The Bertz CT molecular complexity index is 399. The lowest BCUT2D eigenvalue weighted by Gasteiger charge is -2.33. The molecule has 1 saturated heterocycles. The molecule has 2 rings (SSSR count). The van der Waals surface area contributed by atoms with Crippen LogP contribution >= 0.6 is 0 Å². The monoisotopic (exact) mass is 240 g/mol. The molecule has 4 heteroatoms. The summed E-state index contributed by atoms with van der Waals surface area (Å²) in [5.41, 5.74) is 0.749. The Kier molecular flexibility index (Phi) is 3.62. The molecule has 0 amide bonds. The average Bonchev–Trinajstić information content (AvgIpc) is 2.34. The second kappa shape index (κ2) is 5.00. The fourth-order valence-corrected chi connectivity index (χ4v) is 2.29. The fraction of sp³-hybridized carbons (Fsp3) is 0.538. The van der Waals surface area contributed by atoms with Gasteiger partial charge in [0.1, 0.15) is 11.6 Å². The normalized spacial score (nSPS) is 17.5. The highest BCUT2D eigenvalue weighted by atomic mass is 19.1. The van der Waals surface area contributed by atoms with Crippen molar-refractivity contribution in [3.8, 4) is 0 Å². The number of rotatable bonds is 2. The molecule has 0 saturated carbocycles. The van der Waals surface area contributed by atoms with Crippen LogP contribution in [0.1, 0.15) is 18.4 Å². The maximum Gasteiger partial charge on any atom is 0.146 e. The summed E-state index contributed by atoms with van der Waals surface area (Å²) >= 11 is 0. The van der Waals surface area contributed by atoms with Crippen molar-refractivity contribution in [1.82, 2.24) is 5.32 Å². The number of nitrogens with zero attached hydrogens (tertiary/aromatic N) is 1. The summed E-state index contributed by atoms with van der Waals surface area (Å²) in [5, 5.41) is 3.22. The Morgan fingerprint density at radius 3 is 2.41 bits per heavy atom. The SMILES string of the molecule is CNC1CCN(c2cc(F)c(C)cc2F)CC1. The first-order valence-corrected chi connectivity index (χ1v) is 5.99. The number of halogens is 2. The molecule has 0 aromatic heterocycles. The minimum absolute atomic E-state index is 0.327. The molecule has 0 unspecified atom stereocenters. The van der Waals surface area contributed by atoms with E-state index in [0.29, 0.717) is 17.3 Å². The van der Waals surface area contributed by atoms with Crippen LogP contribution in [0.4, 0.5) is 14.5 Å². The third-order valence-corrected chi connectivity index (χ3v) is 3.47. The Hall–Kier alpha value is -1.16. The van der Waals surface area contributed by atoms with E-state index >= 15 is 0 Å². The van der Waals surface area contributed by atoms with Crippen LogP contribution in [0, 0.1) is 18.6 Å². The largest absolute Gasteiger partial charge is 0.369 e. The van der Waals surface area contributed by atoms with Crippen LogP contribution in [0.2, 0.25) is 0 Å². The first-order valence-electron chi connectivity index (χ1n) is 5.99. The van der Waals surface area contributed by atoms with Crippen molar-refractivity contribution in [3.05, 3.63) is 29.3 Å². The molecule has 94 valence electrons. The number of piperidine rings is 1. The Morgan fingerprint density at radius 1 is 1.18 bits per heavy atom. The molecule has 1 fully saturated rings. The van der Waals surface area contributed by atoms with Crippen LogP contribution in [0.15, 0.2) is 12.1 Å². The average molecular weight is 240 g/mol. The maximum atomic E-state index is 13.8. The van der Waals surface area contributed by atoms with Gasteiger partial charge < -0.3 is 10.2 Å². The number of aryl methyl sites for hydroxylation is 1. The zero-order chi connectivity index (χ0) is 12.4. The summed E-state index contributed by atoms with van der Waals surface area (Å²) in [5.74, 6) is -0.663. The molecule has 0 aliphatic carbocycles. The second-order valence-electron chi connectivity index (χ2n) is 4.60. The Balaban J connectivity index is 2.16. The molecule has 0 spiro atoms. The smallest absolute Gasteiger partial charge is 0.146 e. The van der Waals surface area contributed by atoms with E-state index in [-0.39, 0.29) is 11.6 Å². The topological polar surface area (TPSA) is 15.3 Å². The van der Waals surface area contributed by atoms with Crippen molar-refractivity contribution in [3.63, 3.8) is 0 Å². The highest BCUT2D eigenvalue weighted by Crippen LogP contribution is 2.25. The molecule has 0 radical (unpaired) electrons. The molecule has 1 N–H and O–H groups in total. The first-order chi connectivity index (χ1) is 8.11. The predicted octanol–water partition coefficient (Wildman–Crippen LogP) is 2.46. The molecule has 0 atom stereocenters. The summed E-state index contributed by atoms with van der Waals surface area (Å²) in [6.45, 7) is 3.12. The van der Waals surface area contributed by atoms with E-state index in [1.165, 1.54) is 12.1 Å². The van der Waals surface area contributed by atoms with Gasteiger partial charge >= 0.3 is 0 Å². The molecule has 17 heavy (non-hydrogen) atoms. The van der Waals surface area contributed by atoms with Gasteiger partial charge in [-0.25, -0.2) is 8.78 Å². The van der Waals surface area contributed by atoms with Gasteiger partial charge in [0.2, 0.25) is 0 Å². The van der Waals surface area contributed by atoms with Crippen LogP contribution in [0.3, 0.4) is 0 Å². The van der Waals surface area contributed by atoms with Crippen LogP contribution in [0.25, 0.3) is 0 Å². The van der Waals surface area contributed by atoms with Crippen LogP contribution in [-0.2, 0) is 0 Å². The van der Waals surface area contributed by atoms with E-state index < -0.39 is 0 Å². The van der Waals surface area contributed by atoms with Gasteiger partial charge in [0.15, 0.2) is 0 Å². The minimum atomic E-state index is -0.336. The van der Waals surface area contributed by atoms with E-state index in [2.05, 4.69) is 5.32 Å². The van der Waals surface area contributed by atoms with Gasteiger partial charge in [0, 0.05) is 25.2 Å². The fourth-order valence-electron chi connectivity index (χ4n) is 2.29. The van der Waals surface area contributed by atoms with Crippen molar-refractivity contribution in [2.24, 2.45) is 0 Å². The van der Waals surface area contributed by atoms with E-state index in [1.807, 2.05) is 11.9 Å². The number of hydrogen-bond donors (Lipinski definition) is 1. The number of anilines is 1. The first kappa shape index (κ1) is 12.3. The van der Waals surface area contributed by atoms with E-state index in [4.69, 9.17) is 0 Å². The van der Waals surface area contributed by atoms with Crippen molar-refractivity contribution in [2.45, 2.75) is 25.8 Å². The lowest BCUT2D eigenvalue weighted by Crippen LogP contribution is -2.41. The zero-order valence-electron chi connectivity index (χ0n) is 10.3. The molecule has 1 aromatic carbocycles. The molecule has 1 heterocycles. The Labute approximate surface area is 101 Å². The molecule has 1 aliphatic heterocycles. The zero-order valence-corrected chi connectivity index (χ0v) is 10.3. The third-order valence-electron chi connectivity index (χ3n) is 3.47. The summed E-state index contributed by atoms with van der Waals surface area (Å²) in [4.78, 5) is 1.92. The van der Waals surface area contributed by atoms with E-state index in [9.17, 15) is 8.78 Å². The summed E-state index contributed by atoms with van der Waals surface area (Å²) in [6.07, 6.45) is 1.93. The molecule has 1 aromatic rings. The van der Waals surface area contributed by atoms with Gasteiger partial charge in [-0.3, -0.25) is 0 Å². The third kappa shape index (κ3) is 2.57. The van der Waals surface area contributed by atoms with Crippen molar-refractivity contribution < 1.29 is 8.78 Å². The van der Waals surface area contributed by atoms with E-state index in [0.717, 1.165) is 25.9 Å². The molecule has 2 nitrogen and oxygen atoms in total. The second-order valence-corrected chi connectivity index (χ2v) is 4.60. The highest BCUT2D eigenvalue weighted by Gasteiger charge is 2.21. The molecular weight excluding hydrogens is 222 g/mol. The Morgan fingerprint density at radius 2 is 1.82 bits per heavy atom. The van der Waals surface area contributed by atoms with Crippen LogP contribution < -0.4 is 10.2 Å². The van der Waals surface area contributed by atoms with Gasteiger partial charge in [0.25, 0.3) is 0 Å². The highest BCUT2D eigenvalue weighted by molar-refractivity contribution is 5.50. The number of nitrogens with one attached hydrogen (secondary N) is 1. The maximum absolute atomic E-state index is 13.8. The van der Waals surface area contributed by atoms with Crippen LogP contribution in [0.5, 0.6) is 0 Å². The lowest BCUT2D eigenvalue weighted by molar-refractivity contribution is 0.438. The lowest BCUT2D eigenvalue weighted by atomic mass is 10.0. The molecular formula is C13H18F2N2. The van der Waals surface area contributed by atoms with E-state index in [1.54, 1.807) is 6.92 Å². The number of hydrogen-bond acceptors (Lipinski definition) is 2. The van der Waals surface area contributed by atoms with Gasteiger partial charge in [0.05, 0.1) is 5.69 Å². The minimum Gasteiger partial charge on any atom is -0.369 e.